The molecule has 15 heteroatoms. The van der Waals surface area contributed by atoms with Gasteiger partial charge in [0.15, 0.2) is 0 Å². The monoisotopic (exact) mass is 817 g/mol. The van der Waals surface area contributed by atoms with Crippen LogP contribution in [0.5, 0.6) is 0 Å². The molecule has 5 aromatic rings. The van der Waals surface area contributed by atoms with Crippen LogP contribution in [0.25, 0.3) is 44.2 Å². The van der Waals surface area contributed by atoms with Gasteiger partial charge in [-0.25, -0.2) is 5.43 Å². The van der Waals surface area contributed by atoms with Crippen LogP contribution in [0.3, 0.4) is 0 Å². The van der Waals surface area contributed by atoms with Crippen molar-refractivity contribution in [2.24, 2.45) is 11.3 Å². The molecule has 8 rings (SSSR count). The van der Waals surface area contributed by atoms with Gasteiger partial charge in [-0.3, -0.25) is 34.3 Å². The van der Waals surface area contributed by atoms with Crippen LogP contribution in [0.1, 0.15) is 83.2 Å². The molecule has 6 bridgehead atoms. The van der Waals surface area contributed by atoms with Crippen molar-refractivity contribution in [1.82, 2.24) is 40.1 Å². The number of aromatic nitrogens is 4. The van der Waals surface area contributed by atoms with Gasteiger partial charge in [0, 0.05) is 73.6 Å². The van der Waals surface area contributed by atoms with Gasteiger partial charge in [-0.15, -0.1) is 0 Å². The highest BCUT2D eigenvalue weighted by atomic mass is 28.3. The van der Waals surface area contributed by atoms with Gasteiger partial charge in [0.25, 0.3) is 8.96 Å². The lowest BCUT2D eigenvalue weighted by Crippen LogP contribution is -2.63. The predicted octanol–water partition coefficient (Wildman–Crippen LogP) is 6.00. The van der Waals surface area contributed by atoms with Crippen molar-refractivity contribution in [3.63, 3.8) is 0 Å². The topological polar surface area (TPSA) is 164 Å². The fourth-order valence-electron chi connectivity index (χ4n) is 9.55. The van der Waals surface area contributed by atoms with E-state index >= 15 is 0 Å². The maximum atomic E-state index is 14.7. The summed E-state index contributed by atoms with van der Waals surface area (Å²) in [6.45, 7) is 12.7. The smallest absolute Gasteiger partial charge is 0.324 e. The van der Waals surface area contributed by atoms with E-state index in [1.165, 1.54) is 16.8 Å². The Morgan fingerprint density at radius 3 is 2.66 bits per heavy atom. The van der Waals surface area contributed by atoms with Gasteiger partial charge in [-0.05, 0) is 84.3 Å². The summed E-state index contributed by atoms with van der Waals surface area (Å²) in [5.41, 5.74) is 10.9. The molecule has 4 atom stereocenters. The number of hydrogen-bond donors (Lipinski definition) is 3. The zero-order valence-corrected chi connectivity index (χ0v) is 36.0. The molecular formula is C44H53N8O6Si. The number of ether oxygens (including phenoxy) is 2. The summed E-state index contributed by atoms with van der Waals surface area (Å²) in [7, 11) is 0.862. The Labute approximate surface area is 345 Å². The molecule has 1 fully saturated rings. The molecule has 3 aliphatic rings. The maximum Gasteiger partial charge on any atom is 0.324 e. The fraction of sp³-hybridized carbons (Fsp3) is 0.455. The minimum atomic E-state index is -2.46. The van der Waals surface area contributed by atoms with E-state index in [9.17, 15) is 19.2 Å². The Hall–Kier alpha value is -5.38. The first-order valence-electron chi connectivity index (χ1n) is 20.5. The number of cyclic esters (lactones) is 1. The van der Waals surface area contributed by atoms with Gasteiger partial charge in [0.2, 0.25) is 17.3 Å². The highest BCUT2D eigenvalue weighted by Crippen LogP contribution is 2.57. The molecule has 1 aliphatic carbocycles. The van der Waals surface area contributed by atoms with Crippen molar-refractivity contribution in [3.05, 3.63) is 71.7 Å². The van der Waals surface area contributed by atoms with Crippen molar-refractivity contribution >= 4 is 54.1 Å². The number of aromatic amines is 1. The van der Waals surface area contributed by atoms with Crippen molar-refractivity contribution < 1.29 is 28.7 Å². The lowest BCUT2D eigenvalue weighted by molar-refractivity contribution is -0.153. The number of benzene rings is 2. The number of pyridine rings is 1. The van der Waals surface area contributed by atoms with Gasteiger partial charge < -0.3 is 23.9 Å². The number of hydrogen-bond acceptors (Lipinski definition) is 9. The summed E-state index contributed by atoms with van der Waals surface area (Å²) >= 11 is 0. The first-order valence-corrected chi connectivity index (χ1v) is 22.2. The Balaban J connectivity index is 1.33. The largest absolute Gasteiger partial charge is 0.464 e. The molecule has 59 heavy (non-hydrogen) atoms. The number of methoxy groups -OCH3 is 1. The summed E-state index contributed by atoms with van der Waals surface area (Å²) in [6.07, 6.45) is 4.17. The second-order valence-corrected chi connectivity index (χ2v) is 19.1. The van der Waals surface area contributed by atoms with Crippen LogP contribution in [0, 0.1) is 11.3 Å². The molecular weight excluding hydrogens is 765 g/mol. The highest BCUT2D eigenvalue weighted by Gasteiger charge is 2.48. The second kappa shape index (κ2) is 15.7. The van der Waals surface area contributed by atoms with Crippen LogP contribution in [-0.2, 0) is 36.4 Å². The number of likely N-dealkylation sites (N-methyl/N-ethyl adjacent to an activating group) is 1. The standard InChI is InChI=1S/C44H53N8O6Si/c1-9-51-34-15-14-26-19-30(34)35-36(40(57-8)37-29(39(35)51)12-10-16-45-37)44(5,6)23-58-42(55)32-13-11-17-52(48-32)43(56)59(49-41(54)38(24(2)3)50(7)25(4)53)22-28-18-27(26)20-33-31(28)21-46-47-33/h10,12,14-16,18-21,24,32,36,38,40,48H,9,11,13,17,22-23H2,1-8H3,(H,46,47)(H,49,54)/t32-,36?,38-,40-/m0/s1. The molecule has 3 aromatic heterocycles. The van der Waals surface area contributed by atoms with Crippen LogP contribution in [0.2, 0.25) is 0 Å². The lowest BCUT2D eigenvalue weighted by Gasteiger charge is -2.42. The minimum absolute atomic E-state index is 0.0911. The summed E-state index contributed by atoms with van der Waals surface area (Å²) in [5.74, 6) is -1.57. The molecule has 1 unspecified atom stereocenters. The van der Waals surface area contributed by atoms with E-state index in [1.807, 2.05) is 19.9 Å². The molecule has 5 heterocycles. The molecule has 309 valence electrons. The third-order valence-corrected chi connectivity index (χ3v) is 14.6. The number of nitrogens with zero attached hydrogens (tertiary/aromatic N) is 5. The van der Waals surface area contributed by atoms with E-state index in [0.29, 0.717) is 19.4 Å². The van der Waals surface area contributed by atoms with Crippen LogP contribution in [0.15, 0.2) is 54.9 Å². The number of nitrogens with one attached hydrogen (secondary N) is 3. The number of fused-ring (bicyclic) bond motifs is 10. The number of rotatable bonds is 6. The highest BCUT2D eigenvalue weighted by molar-refractivity contribution is 6.88. The molecule has 0 spiro atoms. The number of carbonyl (C=O) groups is 4. The van der Waals surface area contributed by atoms with Gasteiger partial charge in [-0.2, -0.15) is 5.10 Å². The molecule has 1 saturated heterocycles. The molecule has 3 amide bonds. The Kier molecular flexibility index (Phi) is 10.7. The van der Waals surface area contributed by atoms with E-state index in [-0.39, 0.29) is 35.9 Å². The van der Waals surface area contributed by atoms with Gasteiger partial charge >= 0.3 is 5.97 Å². The van der Waals surface area contributed by atoms with Gasteiger partial charge in [0.1, 0.15) is 18.2 Å². The Bertz CT molecular complexity index is 2480. The average molecular weight is 818 g/mol. The number of aryl methyl sites for hydroxylation is 1. The van der Waals surface area contributed by atoms with E-state index in [4.69, 9.17) is 14.5 Å². The minimum Gasteiger partial charge on any atom is -0.464 e. The molecule has 2 aromatic carbocycles. The number of amides is 3. The average Bonchev–Trinajstić information content (AvgIpc) is 3.84. The fourth-order valence-corrected chi connectivity index (χ4v) is 11.5. The summed E-state index contributed by atoms with van der Waals surface area (Å²) in [5, 5.41) is 11.0. The van der Waals surface area contributed by atoms with E-state index in [2.05, 4.69) is 82.3 Å². The number of hydrazine groups is 1. The zero-order chi connectivity index (χ0) is 41.9. The predicted molar refractivity (Wildman–Crippen MR) is 226 cm³/mol. The van der Waals surface area contributed by atoms with Crippen LogP contribution >= 0.6 is 0 Å². The molecule has 14 nitrogen and oxygen atoms in total. The maximum absolute atomic E-state index is 14.7. The number of esters is 1. The van der Waals surface area contributed by atoms with E-state index in [0.717, 1.165) is 67.6 Å². The molecule has 0 saturated carbocycles. The molecule has 2 aliphatic heterocycles. The SMILES string of the molecule is CCn1c2c3c4cc(ccc41)-c1cc(c4cn[nH]c4c1)C[Si](NC(=O)[C@H](C(C)C)N(C)C(C)=O)C(=O)N1CCC[C@H](N1)C(=O)OCC(C)(C)C3[C@H](OC)c1ncccc1-2. The van der Waals surface area contributed by atoms with Crippen LogP contribution in [-0.4, -0.2) is 101 Å². The normalized spacial score (nSPS) is 21.2. The summed E-state index contributed by atoms with van der Waals surface area (Å²) in [6, 6.07) is 13.4. The van der Waals surface area contributed by atoms with Crippen molar-refractivity contribution in [2.45, 2.75) is 91.1 Å². The van der Waals surface area contributed by atoms with Crippen molar-refractivity contribution in [3.8, 4) is 22.4 Å². The molecule has 1 radical (unpaired) electrons. The first-order chi connectivity index (χ1) is 28.2. The van der Waals surface area contributed by atoms with Crippen LogP contribution in [0.4, 0.5) is 4.79 Å². The zero-order valence-electron chi connectivity index (χ0n) is 35.0. The van der Waals surface area contributed by atoms with Crippen LogP contribution < -0.4 is 10.4 Å². The van der Waals surface area contributed by atoms with E-state index < -0.39 is 44.4 Å². The third-order valence-electron chi connectivity index (χ3n) is 12.5. The second-order valence-electron chi connectivity index (χ2n) is 17.1. The quantitative estimate of drug-likeness (QED) is 0.138. The van der Waals surface area contributed by atoms with Gasteiger partial charge in [0.05, 0.1) is 29.7 Å². The summed E-state index contributed by atoms with van der Waals surface area (Å²) < 4.78 is 14.9. The number of carbonyl (C=O) groups excluding carboxylic acids is 4. The Morgan fingerprint density at radius 1 is 1.14 bits per heavy atom. The Morgan fingerprint density at radius 2 is 1.93 bits per heavy atom. The molecule has 3 N–H and O–H groups in total. The van der Waals surface area contributed by atoms with E-state index in [1.54, 1.807) is 26.6 Å². The lowest BCUT2D eigenvalue weighted by atomic mass is 9.67. The summed E-state index contributed by atoms with van der Waals surface area (Å²) in [4.78, 5) is 64.9. The van der Waals surface area contributed by atoms with Crippen molar-refractivity contribution in [1.29, 1.82) is 0 Å². The van der Waals surface area contributed by atoms with Crippen molar-refractivity contribution in [2.75, 3.05) is 27.3 Å². The first kappa shape index (κ1) is 40.4. The third kappa shape index (κ3) is 7.02. The van der Waals surface area contributed by atoms with Gasteiger partial charge in [-0.1, -0.05) is 39.8 Å². The number of H-pyrrole nitrogens is 1.